The number of benzene rings is 2. The van der Waals surface area contributed by atoms with E-state index < -0.39 is 6.10 Å². The summed E-state index contributed by atoms with van der Waals surface area (Å²) in [5.74, 6) is 0.935. The predicted molar refractivity (Wildman–Crippen MR) is 111 cm³/mol. The van der Waals surface area contributed by atoms with Crippen LogP contribution in [0.4, 0.5) is 0 Å². The second-order valence-electron chi connectivity index (χ2n) is 7.14. The molecule has 2 rings (SSSR count). The molecule has 140 valence electrons. The summed E-state index contributed by atoms with van der Waals surface area (Å²) in [7, 11) is 1.72. The number of hydrogen-bond acceptors (Lipinski definition) is 2. The molecule has 1 unspecified atom stereocenters. The van der Waals surface area contributed by atoms with Crippen LogP contribution in [0.3, 0.4) is 0 Å². The molecular weight excluding hydrogens is 320 g/mol. The van der Waals surface area contributed by atoms with Gasteiger partial charge in [-0.2, -0.15) is 0 Å². The number of aryl methyl sites for hydroxylation is 2. The highest BCUT2D eigenvalue weighted by molar-refractivity contribution is 5.56. The maximum Gasteiger partial charge on any atom is 0.121 e. The average molecular weight is 353 g/mol. The number of methoxy groups -OCH3 is 1. The van der Waals surface area contributed by atoms with Gasteiger partial charge in [0, 0.05) is 5.41 Å². The van der Waals surface area contributed by atoms with Gasteiger partial charge in [-0.1, -0.05) is 56.3 Å². The van der Waals surface area contributed by atoms with Crippen LogP contribution in [-0.2, 0) is 5.41 Å². The van der Waals surface area contributed by atoms with E-state index in [-0.39, 0.29) is 5.41 Å². The van der Waals surface area contributed by atoms with Crippen LogP contribution >= 0.6 is 0 Å². The highest BCUT2D eigenvalue weighted by Gasteiger charge is 2.31. The van der Waals surface area contributed by atoms with Crippen LogP contribution in [0.15, 0.2) is 42.5 Å². The van der Waals surface area contributed by atoms with E-state index in [2.05, 4.69) is 64.1 Å². The molecule has 0 aliphatic carbocycles. The van der Waals surface area contributed by atoms with Crippen molar-refractivity contribution < 1.29 is 9.84 Å². The second-order valence-corrected chi connectivity index (χ2v) is 7.14. The van der Waals surface area contributed by atoms with Crippen molar-refractivity contribution >= 4 is 6.08 Å². The Morgan fingerprint density at radius 3 is 2.04 bits per heavy atom. The Balaban J connectivity index is 2.52. The summed E-state index contributed by atoms with van der Waals surface area (Å²) in [5.41, 5.74) is 6.24. The topological polar surface area (TPSA) is 29.5 Å². The lowest BCUT2D eigenvalue weighted by atomic mass is 9.70. The molecule has 2 heteroatoms. The lowest BCUT2D eigenvalue weighted by molar-refractivity contribution is 0.245. The molecule has 0 aromatic heterocycles. The zero-order valence-corrected chi connectivity index (χ0v) is 17.0. The van der Waals surface area contributed by atoms with Crippen molar-refractivity contribution in [3.05, 3.63) is 70.3 Å². The quantitative estimate of drug-likeness (QED) is 0.681. The van der Waals surface area contributed by atoms with Gasteiger partial charge in [-0.15, -0.1) is 0 Å². The van der Waals surface area contributed by atoms with Crippen LogP contribution in [0, 0.1) is 13.8 Å². The first kappa shape index (κ1) is 20.3. The van der Waals surface area contributed by atoms with Gasteiger partial charge in [0.05, 0.1) is 13.2 Å². The predicted octanol–water partition coefficient (Wildman–Crippen LogP) is 5.81. The second kappa shape index (κ2) is 8.55. The van der Waals surface area contributed by atoms with Crippen LogP contribution in [0.5, 0.6) is 5.75 Å². The van der Waals surface area contributed by atoms with Gasteiger partial charge in [0.1, 0.15) is 5.75 Å². The van der Waals surface area contributed by atoms with Crippen LogP contribution in [-0.4, -0.2) is 18.3 Å². The van der Waals surface area contributed by atoms with Crippen molar-refractivity contribution in [2.45, 2.75) is 59.0 Å². The molecular formula is C24H32O2. The third-order valence-corrected chi connectivity index (χ3v) is 5.53. The highest BCUT2D eigenvalue weighted by Crippen LogP contribution is 2.40. The van der Waals surface area contributed by atoms with Gasteiger partial charge in [0.25, 0.3) is 0 Å². The molecule has 0 aliphatic rings. The van der Waals surface area contributed by atoms with E-state index in [0.717, 1.165) is 24.2 Å². The Bertz CT molecular complexity index is 768. The molecule has 0 amide bonds. The van der Waals surface area contributed by atoms with E-state index >= 15 is 0 Å². The van der Waals surface area contributed by atoms with Crippen molar-refractivity contribution in [3.8, 4) is 5.75 Å². The number of ether oxygens (including phenoxy) is 1. The Morgan fingerprint density at radius 2 is 1.58 bits per heavy atom. The lowest BCUT2D eigenvalue weighted by Crippen LogP contribution is -2.26. The minimum atomic E-state index is -0.429. The van der Waals surface area contributed by atoms with Gasteiger partial charge in [-0.25, -0.2) is 0 Å². The van der Waals surface area contributed by atoms with Crippen molar-refractivity contribution in [1.82, 2.24) is 0 Å². The molecule has 0 spiro atoms. The summed E-state index contributed by atoms with van der Waals surface area (Å²) in [6.45, 7) is 10.5. The molecule has 0 radical (unpaired) electrons. The minimum Gasteiger partial charge on any atom is -0.496 e. The first-order valence-corrected chi connectivity index (χ1v) is 9.50. The summed E-state index contributed by atoms with van der Waals surface area (Å²) in [6, 6.07) is 13.3. The van der Waals surface area contributed by atoms with Crippen molar-refractivity contribution in [1.29, 1.82) is 0 Å². The zero-order chi connectivity index (χ0) is 19.3. The largest absolute Gasteiger partial charge is 0.496 e. The van der Waals surface area contributed by atoms with Crippen molar-refractivity contribution in [2.75, 3.05) is 7.11 Å². The molecule has 2 aromatic rings. The van der Waals surface area contributed by atoms with Gasteiger partial charge in [0.2, 0.25) is 0 Å². The standard InChI is InChI=1S/C24H32O2/c1-7-24(8-2,22-13-14-23(26-6)18(4)16-22)21-12-11-20(17(3)15-21)10-9-19(5)25/h9-16,19,25H,7-8H2,1-6H3/b10-9+. The minimum absolute atomic E-state index is 0.00565. The van der Waals surface area contributed by atoms with Crippen LogP contribution in [0.25, 0.3) is 6.08 Å². The van der Waals surface area contributed by atoms with Crippen molar-refractivity contribution in [2.24, 2.45) is 0 Å². The number of rotatable bonds is 7. The molecule has 1 N–H and O–H groups in total. The van der Waals surface area contributed by atoms with Gasteiger partial charge >= 0.3 is 0 Å². The molecule has 1 atom stereocenters. The summed E-state index contributed by atoms with van der Waals surface area (Å²) in [4.78, 5) is 0. The van der Waals surface area contributed by atoms with Crippen LogP contribution in [0.2, 0.25) is 0 Å². The fourth-order valence-corrected chi connectivity index (χ4v) is 3.81. The summed E-state index contributed by atoms with van der Waals surface area (Å²) < 4.78 is 5.44. The summed E-state index contributed by atoms with van der Waals surface area (Å²) in [5, 5.41) is 9.48. The Morgan fingerprint density at radius 1 is 1.00 bits per heavy atom. The molecule has 2 nitrogen and oxygen atoms in total. The van der Waals surface area contributed by atoms with Crippen LogP contribution in [0.1, 0.15) is 61.4 Å². The van der Waals surface area contributed by atoms with Gasteiger partial charge in [-0.3, -0.25) is 0 Å². The lowest BCUT2D eigenvalue weighted by Gasteiger charge is -2.34. The third-order valence-electron chi connectivity index (χ3n) is 5.53. The highest BCUT2D eigenvalue weighted by atomic mass is 16.5. The molecule has 0 saturated carbocycles. The van der Waals surface area contributed by atoms with Gasteiger partial charge in [-0.05, 0) is 67.5 Å². The fourth-order valence-electron chi connectivity index (χ4n) is 3.81. The molecule has 0 fully saturated rings. The average Bonchev–Trinajstić information content (AvgIpc) is 2.62. The van der Waals surface area contributed by atoms with E-state index in [4.69, 9.17) is 4.74 Å². The van der Waals surface area contributed by atoms with E-state index in [9.17, 15) is 5.11 Å². The molecule has 0 aliphatic heterocycles. The summed E-state index contributed by atoms with van der Waals surface area (Å²) in [6.07, 6.45) is 5.47. The Kier molecular flexibility index (Phi) is 6.66. The smallest absolute Gasteiger partial charge is 0.121 e. The number of aliphatic hydroxyl groups excluding tert-OH is 1. The van der Waals surface area contributed by atoms with E-state index in [1.54, 1.807) is 14.0 Å². The molecule has 2 aromatic carbocycles. The van der Waals surface area contributed by atoms with Gasteiger partial charge < -0.3 is 9.84 Å². The molecule has 0 bridgehead atoms. The maximum atomic E-state index is 9.48. The Hall–Kier alpha value is -2.06. The molecule has 0 saturated heterocycles. The van der Waals surface area contributed by atoms with Crippen LogP contribution < -0.4 is 4.74 Å². The molecule has 0 heterocycles. The van der Waals surface area contributed by atoms with Gasteiger partial charge in [0.15, 0.2) is 0 Å². The number of hydrogen-bond donors (Lipinski definition) is 1. The summed E-state index contributed by atoms with van der Waals surface area (Å²) >= 11 is 0. The van der Waals surface area contributed by atoms with E-state index in [1.165, 1.54) is 22.3 Å². The van der Waals surface area contributed by atoms with E-state index in [0.29, 0.717) is 0 Å². The van der Waals surface area contributed by atoms with Crippen molar-refractivity contribution in [3.63, 3.8) is 0 Å². The SMILES string of the molecule is CCC(CC)(c1ccc(/C=C/C(C)O)c(C)c1)c1ccc(OC)c(C)c1. The monoisotopic (exact) mass is 352 g/mol. The number of aliphatic hydroxyl groups is 1. The maximum absolute atomic E-state index is 9.48. The fraction of sp³-hybridized carbons (Fsp3) is 0.417. The van der Waals surface area contributed by atoms with E-state index in [1.807, 2.05) is 12.2 Å². The third kappa shape index (κ3) is 4.02. The first-order valence-electron chi connectivity index (χ1n) is 9.50. The Labute approximate surface area is 158 Å². The zero-order valence-electron chi connectivity index (χ0n) is 17.0. The molecule has 26 heavy (non-hydrogen) atoms. The normalized spacial score (nSPS) is 13.2. The first-order chi connectivity index (χ1) is 12.4.